The Hall–Kier alpha value is -2.34. The van der Waals surface area contributed by atoms with Crippen molar-refractivity contribution in [2.24, 2.45) is 0 Å². The molecule has 3 nitrogen and oxygen atoms in total. The van der Waals surface area contributed by atoms with Gasteiger partial charge in [-0.15, -0.1) is 0 Å². The van der Waals surface area contributed by atoms with Crippen LogP contribution in [0.3, 0.4) is 0 Å². The van der Waals surface area contributed by atoms with E-state index in [1.807, 2.05) is 17.0 Å². The fourth-order valence-corrected chi connectivity index (χ4v) is 4.65. The lowest BCUT2D eigenvalue weighted by Crippen LogP contribution is -2.44. The third kappa shape index (κ3) is 4.38. The number of carbonyl (C=O) groups excluding carboxylic acids is 1. The van der Waals surface area contributed by atoms with Crippen molar-refractivity contribution < 1.29 is 18.0 Å². The highest BCUT2D eigenvalue weighted by Gasteiger charge is 2.33. The van der Waals surface area contributed by atoms with Crippen LogP contribution < -0.4 is 0 Å². The fourth-order valence-electron chi connectivity index (χ4n) is 4.65. The summed E-state index contributed by atoms with van der Waals surface area (Å²) in [6.45, 7) is 5.10. The zero-order valence-corrected chi connectivity index (χ0v) is 17.2. The lowest BCUT2D eigenvalue weighted by atomic mass is 10.0. The van der Waals surface area contributed by atoms with Gasteiger partial charge in [-0.05, 0) is 74.5 Å². The average molecular weight is 416 g/mol. The molecule has 2 aromatic carbocycles. The number of rotatable bonds is 4. The summed E-state index contributed by atoms with van der Waals surface area (Å²) in [7, 11) is 0. The molecule has 0 N–H and O–H groups in total. The number of hydrogen-bond donors (Lipinski definition) is 0. The number of benzene rings is 2. The first-order valence-corrected chi connectivity index (χ1v) is 10.7. The SMILES string of the molecule is CC1CCCN1CC1CCCN1C(=O)c1ccc(-c2ccc(C(F)(F)F)cc2)cc1. The van der Waals surface area contributed by atoms with Gasteiger partial charge < -0.3 is 4.90 Å². The summed E-state index contributed by atoms with van der Waals surface area (Å²) in [5.74, 6) is 0.0447. The number of halogens is 3. The molecule has 6 heteroatoms. The number of carbonyl (C=O) groups is 1. The van der Waals surface area contributed by atoms with Gasteiger partial charge in [0.25, 0.3) is 5.91 Å². The largest absolute Gasteiger partial charge is 0.416 e. The Bertz CT molecular complexity index is 877. The molecular weight excluding hydrogens is 389 g/mol. The van der Waals surface area contributed by atoms with Crippen LogP contribution in [0.15, 0.2) is 48.5 Å². The maximum Gasteiger partial charge on any atom is 0.416 e. The standard InChI is InChI=1S/C24H27F3N2O/c1-17-4-2-14-28(17)16-22-5-3-15-29(22)23(30)20-8-6-18(7-9-20)19-10-12-21(13-11-19)24(25,26)27/h6-13,17,22H,2-5,14-16H2,1H3. The molecule has 2 saturated heterocycles. The van der Waals surface area contributed by atoms with Crippen LogP contribution in [0.25, 0.3) is 11.1 Å². The zero-order chi connectivity index (χ0) is 21.3. The van der Waals surface area contributed by atoms with E-state index in [9.17, 15) is 18.0 Å². The first kappa shape index (κ1) is 20.9. The van der Waals surface area contributed by atoms with Crippen LogP contribution in [-0.4, -0.2) is 47.4 Å². The van der Waals surface area contributed by atoms with Crippen molar-refractivity contribution in [2.75, 3.05) is 19.6 Å². The Balaban J connectivity index is 1.44. The average Bonchev–Trinajstić information content (AvgIpc) is 3.36. The predicted octanol–water partition coefficient (Wildman–Crippen LogP) is 5.46. The molecule has 0 bridgehead atoms. The Morgan fingerprint density at radius 1 is 0.933 bits per heavy atom. The molecule has 30 heavy (non-hydrogen) atoms. The quantitative estimate of drug-likeness (QED) is 0.661. The second-order valence-corrected chi connectivity index (χ2v) is 8.43. The monoisotopic (exact) mass is 416 g/mol. The number of alkyl halides is 3. The van der Waals surface area contributed by atoms with E-state index in [1.165, 1.54) is 25.0 Å². The Morgan fingerprint density at radius 2 is 1.53 bits per heavy atom. The molecule has 2 aliphatic heterocycles. The van der Waals surface area contributed by atoms with Crippen LogP contribution in [0.2, 0.25) is 0 Å². The third-order valence-electron chi connectivity index (χ3n) is 6.45. The summed E-state index contributed by atoms with van der Waals surface area (Å²) >= 11 is 0. The van der Waals surface area contributed by atoms with Gasteiger partial charge in [0.15, 0.2) is 0 Å². The molecule has 0 saturated carbocycles. The van der Waals surface area contributed by atoms with Crippen molar-refractivity contribution in [3.63, 3.8) is 0 Å². The van der Waals surface area contributed by atoms with Crippen molar-refractivity contribution >= 4 is 5.91 Å². The normalized spacial score (nSPS) is 22.6. The topological polar surface area (TPSA) is 23.6 Å². The van der Waals surface area contributed by atoms with Gasteiger partial charge in [0.2, 0.25) is 0 Å². The molecule has 2 atom stereocenters. The lowest BCUT2D eigenvalue weighted by Gasteiger charge is -2.30. The molecule has 2 heterocycles. The highest BCUT2D eigenvalue weighted by atomic mass is 19.4. The molecule has 2 fully saturated rings. The van der Waals surface area contributed by atoms with Gasteiger partial charge in [0.05, 0.1) is 5.56 Å². The van der Waals surface area contributed by atoms with Gasteiger partial charge in [-0.3, -0.25) is 9.69 Å². The smallest absolute Gasteiger partial charge is 0.334 e. The predicted molar refractivity (Wildman–Crippen MR) is 111 cm³/mol. The van der Waals surface area contributed by atoms with E-state index in [1.54, 1.807) is 12.1 Å². The van der Waals surface area contributed by atoms with Gasteiger partial charge in [-0.25, -0.2) is 0 Å². The summed E-state index contributed by atoms with van der Waals surface area (Å²) in [6, 6.07) is 13.1. The molecular formula is C24H27F3N2O. The Labute approximate surface area is 175 Å². The maximum absolute atomic E-state index is 13.1. The van der Waals surface area contributed by atoms with Gasteiger partial charge >= 0.3 is 6.18 Å². The molecule has 0 spiro atoms. The molecule has 2 unspecified atom stereocenters. The summed E-state index contributed by atoms with van der Waals surface area (Å²) in [6.07, 6.45) is 0.189. The van der Waals surface area contributed by atoms with Gasteiger partial charge in [-0.1, -0.05) is 24.3 Å². The van der Waals surface area contributed by atoms with Crippen LogP contribution in [0, 0.1) is 0 Å². The maximum atomic E-state index is 13.1. The van der Waals surface area contributed by atoms with Gasteiger partial charge in [0.1, 0.15) is 0 Å². The molecule has 0 radical (unpaired) electrons. The van der Waals surface area contributed by atoms with Gasteiger partial charge in [-0.2, -0.15) is 13.2 Å². The van der Waals surface area contributed by atoms with E-state index in [0.29, 0.717) is 17.2 Å². The molecule has 1 amide bonds. The third-order valence-corrected chi connectivity index (χ3v) is 6.45. The first-order valence-electron chi connectivity index (χ1n) is 10.7. The minimum atomic E-state index is -4.34. The van der Waals surface area contributed by atoms with Crippen molar-refractivity contribution in [3.05, 3.63) is 59.7 Å². The van der Waals surface area contributed by atoms with Crippen LogP contribution in [-0.2, 0) is 6.18 Å². The number of likely N-dealkylation sites (tertiary alicyclic amines) is 2. The molecule has 4 rings (SSSR count). The van der Waals surface area contributed by atoms with Crippen molar-refractivity contribution in [2.45, 2.75) is 50.9 Å². The second-order valence-electron chi connectivity index (χ2n) is 8.43. The first-order chi connectivity index (χ1) is 14.3. The number of nitrogens with zero attached hydrogens (tertiary/aromatic N) is 2. The summed E-state index contributed by atoms with van der Waals surface area (Å²) < 4.78 is 38.2. The second kappa shape index (κ2) is 8.42. The van der Waals surface area contributed by atoms with Crippen LogP contribution in [0.4, 0.5) is 13.2 Å². The van der Waals surface area contributed by atoms with E-state index < -0.39 is 11.7 Å². The van der Waals surface area contributed by atoms with Crippen molar-refractivity contribution in [1.82, 2.24) is 9.80 Å². The van der Waals surface area contributed by atoms with E-state index in [2.05, 4.69) is 11.8 Å². The number of hydrogen-bond acceptors (Lipinski definition) is 2. The zero-order valence-electron chi connectivity index (χ0n) is 17.2. The van der Waals surface area contributed by atoms with E-state index >= 15 is 0 Å². The molecule has 2 aromatic rings. The molecule has 160 valence electrons. The van der Waals surface area contributed by atoms with E-state index in [4.69, 9.17) is 0 Å². The number of amides is 1. The highest BCUT2D eigenvalue weighted by Crippen LogP contribution is 2.31. The minimum Gasteiger partial charge on any atom is -0.334 e. The van der Waals surface area contributed by atoms with Crippen LogP contribution in [0.1, 0.15) is 48.5 Å². The molecule has 2 aliphatic rings. The summed E-state index contributed by atoms with van der Waals surface area (Å²) in [4.78, 5) is 17.6. The molecule has 0 aliphatic carbocycles. The van der Waals surface area contributed by atoms with Crippen molar-refractivity contribution in [3.8, 4) is 11.1 Å². The summed E-state index contributed by atoms with van der Waals surface area (Å²) in [5, 5.41) is 0. The van der Waals surface area contributed by atoms with Crippen LogP contribution >= 0.6 is 0 Å². The van der Waals surface area contributed by atoms with Crippen molar-refractivity contribution in [1.29, 1.82) is 0 Å². The fraction of sp³-hybridized carbons (Fsp3) is 0.458. The Kier molecular flexibility index (Phi) is 5.87. The summed E-state index contributed by atoms with van der Waals surface area (Å²) in [5.41, 5.74) is 1.46. The highest BCUT2D eigenvalue weighted by molar-refractivity contribution is 5.95. The minimum absolute atomic E-state index is 0.0447. The van der Waals surface area contributed by atoms with E-state index in [0.717, 1.165) is 50.2 Å². The van der Waals surface area contributed by atoms with Crippen LogP contribution in [0.5, 0.6) is 0 Å². The van der Waals surface area contributed by atoms with E-state index in [-0.39, 0.29) is 11.9 Å². The molecule has 0 aromatic heterocycles. The van der Waals surface area contributed by atoms with Gasteiger partial charge in [0, 0.05) is 30.7 Å². The lowest BCUT2D eigenvalue weighted by molar-refractivity contribution is -0.137. The Morgan fingerprint density at radius 3 is 2.10 bits per heavy atom.